The molecule has 1 fully saturated rings. The van der Waals surface area contributed by atoms with Gasteiger partial charge in [-0.05, 0) is 61.2 Å². The average molecular weight is 749 g/mol. The lowest BCUT2D eigenvalue weighted by Gasteiger charge is -2.32. The number of nitrogens with two attached hydrogens (primary N) is 1. The number of carbonyl (C=O) groups excluding carboxylic acids is 6. The van der Waals surface area contributed by atoms with Gasteiger partial charge in [0.2, 0.25) is 5.91 Å². The van der Waals surface area contributed by atoms with Crippen LogP contribution in [0.3, 0.4) is 0 Å². The number of hydroxylamine groups is 2. The number of benzene rings is 4. The molecule has 3 atom stereocenters. The van der Waals surface area contributed by atoms with Gasteiger partial charge in [-0.2, -0.15) is 0 Å². The molecular weight excluding hydrogens is 708 g/mol. The Bertz CT molecular complexity index is 2090. The zero-order valence-electron chi connectivity index (χ0n) is 30.3. The molecule has 1 saturated heterocycles. The second kappa shape index (κ2) is 16.9. The minimum atomic E-state index is -2.06. The number of amides is 6. The van der Waals surface area contributed by atoms with Crippen molar-refractivity contribution in [2.75, 3.05) is 10.2 Å². The standard InChI is InChI=1S/C40H40N6O9/c1-25-12-10-11-17-32(25)43-38(53)42-23-27-18-20-29(21-19-27)40(3)37(52)46(39(54)44(40)24-28-13-6-4-7-14-28)55-36(51)34(26(2)47)45(30-15-8-5-9-16-30)35(50)31(41)22-33(48)49/h4-21,31,34H,22-24,41H2,1-3H3,(H,48,49)(H2,42,43,53)/t31-,34-,40+/m0/s1. The van der Waals surface area contributed by atoms with Gasteiger partial charge in [0, 0.05) is 24.5 Å². The Kier molecular flexibility index (Phi) is 12.1. The van der Waals surface area contributed by atoms with Crippen molar-refractivity contribution in [3.8, 4) is 0 Å². The molecule has 0 spiro atoms. The number of rotatable bonds is 14. The molecule has 0 saturated carbocycles. The number of nitrogens with one attached hydrogen (secondary N) is 2. The largest absolute Gasteiger partial charge is 0.481 e. The summed E-state index contributed by atoms with van der Waals surface area (Å²) in [5, 5.41) is 15.1. The number of aryl methyl sites for hydroxylation is 1. The maximum Gasteiger partial charge on any atom is 0.363 e. The van der Waals surface area contributed by atoms with Crippen molar-refractivity contribution in [2.24, 2.45) is 5.73 Å². The highest BCUT2D eigenvalue weighted by molar-refractivity contribution is 6.15. The van der Waals surface area contributed by atoms with Crippen LogP contribution in [0, 0.1) is 6.92 Å². The number of aliphatic carboxylic acids is 1. The molecule has 1 aliphatic heterocycles. The SMILES string of the molecule is CC(=O)[C@@H](C(=O)ON1C(=O)N(Cc2ccccc2)[C@](C)(c2ccc(CNC(=O)Nc3ccccc3C)cc2)C1=O)N(C(=O)[C@@H](N)CC(=O)O)c1ccccc1. The number of urea groups is 2. The van der Waals surface area contributed by atoms with Crippen LogP contribution in [-0.4, -0.2) is 68.8 Å². The van der Waals surface area contributed by atoms with E-state index in [0.29, 0.717) is 27.3 Å². The Hall–Kier alpha value is -6.87. The van der Waals surface area contributed by atoms with Crippen molar-refractivity contribution in [3.63, 3.8) is 0 Å². The second-order valence-electron chi connectivity index (χ2n) is 13.0. The summed E-state index contributed by atoms with van der Waals surface area (Å²) in [6.45, 7) is 4.40. The van der Waals surface area contributed by atoms with Crippen LogP contribution in [0.4, 0.5) is 21.0 Å². The van der Waals surface area contributed by atoms with Gasteiger partial charge in [0.15, 0.2) is 11.8 Å². The van der Waals surface area contributed by atoms with Crippen LogP contribution in [0.5, 0.6) is 0 Å². The maximum atomic E-state index is 14.3. The number of hydrogen-bond acceptors (Lipinski definition) is 9. The van der Waals surface area contributed by atoms with Gasteiger partial charge < -0.3 is 26.3 Å². The quantitative estimate of drug-likeness (QED) is 0.106. The van der Waals surface area contributed by atoms with Crippen molar-refractivity contribution >= 4 is 53.0 Å². The summed E-state index contributed by atoms with van der Waals surface area (Å²) in [4.78, 5) is 100. The lowest BCUT2D eigenvalue weighted by Crippen LogP contribution is -2.56. The summed E-state index contributed by atoms with van der Waals surface area (Å²) < 4.78 is 0. The van der Waals surface area contributed by atoms with E-state index in [-0.39, 0.29) is 23.8 Å². The molecule has 15 heteroatoms. The number of carboxylic acids is 1. The molecule has 55 heavy (non-hydrogen) atoms. The third-order valence-electron chi connectivity index (χ3n) is 9.12. The minimum Gasteiger partial charge on any atom is -0.481 e. The number of nitrogens with zero attached hydrogens (tertiary/aromatic N) is 3. The fourth-order valence-electron chi connectivity index (χ4n) is 6.10. The predicted molar refractivity (Wildman–Crippen MR) is 200 cm³/mol. The van der Waals surface area contributed by atoms with Crippen LogP contribution in [-0.2, 0) is 47.4 Å². The van der Waals surface area contributed by atoms with E-state index in [0.717, 1.165) is 12.5 Å². The average Bonchev–Trinajstić information content (AvgIpc) is 3.34. The number of hydrogen-bond donors (Lipinski definition) is 4. The molecule has 0 bridgehead atoms. The Morgan fingerprint density at radius 1 is 0.855 bits per heavy atom. The number of imide groups is 1. The Morgan fingerprint density at radius 3 is 2.05 bits per heavy atom. The van der Waals surface area contributed by atoms with E-state index >= 15 is 0 Å². The van der Waals surface area contributed by atoms with Gasteiger partial charge in [0.1, 0.15) is 5.54 Å². The van der Waals surface area contributed by atoms with Crippen LogP contribution >= 0.6 is 0 Å². The van der Waals surface area contributed by atoms with Gasteiger partial charge >= 0.3 is 24.0 Å². The second-order valence-corrected chi connectivity index (χ2v) is 13.0. The Balaban J connectivity index is 1.43. The van der Waals surface area contributed by atoms with Gasteiger partial charge in [0.25, 0.3) is 5.91 Å². The van der Waals surface area contributed by atoms with Gasteiger partial charge in [-0.15, -0.1) is 0 Å². The normalized spacial score (nSPS) is 16.2. The predicted octanol–water partition coefficient (Wildman–Crippen LogP) is 4.25. The van der Waals surface area contributed by atoms with Crippen molar-refractivity contribution in [1.29, 1.82) is 0 Å². The molecule has 6 amide bonds. The van der Waals surface area contributed by atoms with E-state index in [9.17, 15) is 38.7 Å². The third-order valence-corrected chi connectivity index (χ3v) is 9.12. The molecule has 284 valence electrons. The smallest absolute Gasteiger partial charge is 0.363 e. The van der Waals surface area contributed by atoms with Gasteiger partial charge in [-0.25, -0.2) is 14.4 Å². The Morgan fingerprint density at radius 2 is 1.45 bits per heavy atom. The van der Waals surface area contributed by atoms with Crippen LogP contribution < -0.4 is 21.3 Å². The van der Waals surface area contributed by atoms with Crippen LogP contribution in [0.25, 0.3) is 0 Å². The first kappa shape index (κ1) is 39.3. The van der Waals surface area contributed by atoms with Crippen LogP contribution in [0.1, 0.15) is 42.5 Å². The van der Waals surface area contributed by atoms with Crippen molar-refractivity contribution in [1.82, 2.24) is 15.3 Å². The number of anilines is 2. The summed E-state index contributed by atoms with van der Waals surface area (Å²) in [6.07, 6.45) is -0.812. The molecular formula is C40H40N6O9. The molecule has 5 N–H and O–H groups in total. The molecule has 4 aromatic rings. The highest BCUT2D eigenvalue weighted by atomic mass is 16.7. The summed E-state index contributed by atoms with van der Waals surface area (Å²) in [5.41, 5.74) is 7.39. The van der Waals surface area contributed by atoms with Crippen molar-refractivity contribution in [2.45, 2.75) is 57.9 Å². The summed E-state index contributed by atoms with van der Waals surface area (Å²) in [6, 6.07) is 25.0. The number of para-hydroxylation sites is 2. The summed E-state index contributed by atoms with van der Waals surface area (Å²) in [7, 11) is 0. The van der Waals surface area contributed by atoms with Gasteiger partial charge in [0.05, 0.1) is 12.5 Å². The van der Waals surface area contributed by atoms with E-state index in [1.54, 1.807) is 66.7 Å². The third kappa shape index (κ3) is 8.69. The molecule has 0 aliphatic carbocycles. The van der Waals surface area contributed by atoms with E-state index in [1.807, 2.05) is 25.1 Å². The molecule has 1 heterocycles. The minimum absolute atomic E-state index is 0.0161. The monoisotopic (exact) mass is 748 g/mol. The summed E-state index contributed by atoms with van der Waals surface area (Å²) in [5.74, 6) is -5.81. The molecule has 0 aromatic heterocycles. The molecule has 5 rings (SSSR count). The van der Waals surface area contributed by atoms with E-state index in [4.69, 9.17) is 10.6 Å². The first-order chi connectivity index (χ1) is 26.2. The topological polar surface area (TPSA) is 209 Å². The zero-order chi connectivity index (χ0) is 39.9. The maximum absolute atomic E-state index is 14.3. The van der Waals surface area contributed by atoms with E-state index in [1.165, 1.54) is 36.1 Å². The van der Waals surface area contributed by atoms with Crippen LogP contribution in [0.2, 0.25) is 0 Å². The van der Waals surface area contributed by atoms with E-state index < -0.39 is 65.6 Å². The van der Waals surface area contributed by atoms with Gasteiger partial charge in [-0.3, -0.25) is 29.0 Å². The highest BCUT2D eigenvalue weighted by Crippen LogP contribution is 2.39. The fourth-order valence-corrected chi connectivity index (χ4v) is 6.10. The fraction of sp³-hybridized carbons (Fsp3) is 0.225. The molecule has 0 radical (unpaired) electrons. The molecule has 0 unspecified atom stereocenters. The van der Waals surface area contributed by atoms with Gasteiger partial charge in [-0.1, -0.05) is 96.1 Å². The zero-order valence-corrected chi connectivity index (χ0v) is 30.3. The number of Topliss-reactive ketones (excluding diaryl/α,β-unsaturated/α-hetero) is 1. The van der Waals surface area contributed by atoms with Crippen LogP contribution in [0.15, 0.2) is 109 Å². The summed E-state index contributed by atoms with van der Waals surface area (Å²) >= 11 is 0. The number of carboxylic acid groups (broad SMARTS) is 1. The van der Waals surface area contributed by atoms with E-state index in [2.05, 4.69) is 10.6 Å². The molecule has 4 aromatic carbocycles. The lowest BCUT2D eigenvalue weighted by molar-refractivity contribution is -0.186. The molecule has 1 aliphatic rings. The Labute approximate surface area is 316 Å². The number of carbonyl (C=O) groups is 7. The van der Waals surface area contributed by atoms with Crippen molar-refractivity contribution < 1.29 is 43.5 Å². The highest BCUT2D eigenvalue weighted by Gasteiger charge is 2.58. The number of ketones is 1. The lowest BCUT2D eigenvalue weighted by atomic mass is 9.89. The first-order valence-corrected chi connectivity index (χ1v) is 17.2. The first-order valence-electron chi connectivity index (χ1n) is 17.2. The van der Waals surface area contributed by atoms with Crippen molar-refractivity contribution in [3.05, 3.63) is 131 Å². The molecule has 15 nitrogen and oxygen atoms in total.